The molecule has 0 radical (unpaired) electrons. The van der Waals surface area contributed by atoms with E-state index in [-0.39, 0.29) is 0 Å². The lowest BCUT2D eigenvalue weighted by molar-refractivity contribution is -0.124. The van der Waals surface area contributed by atoms with Gasteiger partial charge in [0, 0.05) is 29.7 Å². The molecule has 1 aromatic heterocycles. The van der Waals surface area contributed by atoms with Crippen molar-refractivity contribution in [3.05, 3.63) is 77.5 Å². The molecular formula is C20H21N3O2. The maximum absolute atomic E-state index is 11.1. The molecular weight excluding hydrogens is 314 g/mol. The van der Waals surface area contributed by atoms with Crippen molar-refractivity contribution >= 4 is 22.9 Å². The Balaban J connectivity index is 1.57. The molecule has 0 saturated heterocycles. The van der Waals surface area contributed by atoms with Crippen molar-refractivity contribution < 1.29 is 10.0 Å². The van der Waals surface area contributed by atoms with Crippen molar-refractivity contribution in [2.45, 2.75) is 13.0 Å². The third-order valence-electron chi connectivity index (χ3n) is 4.14. The third-order valence-corrected chi connectivity index (χ3v) is 4.14. The maximum atomic E-state index is 11.1. The lowest BCUT2D eigenvalue weighted by atomic mass is 10.1. The van der Waals surface area contributed by atoms with Crippen LogP contribution in [0.1, 0.15) is 16.7 Å². The average molecular weight is 335 g/mol. The fourth-order valence-corrected chi connectivity index (χ4v) is 2.85. The molecule has 5 nitrogen and oxygen atoms in total. The number of amides is 1. The second-order valence-electron chi connectivity index (χ2n) is 5.79. The van der Waals surface area contributed by atoms with Crippen LogP contribution >= 0.6 is 0 Å². The molecule has 3 aromatic rings. The molecule has 128 valence electrons. The van der Waals surface area contributed by atoms with Crippen LogP contribution in [0.25, 0.3) is 17.0 Å². The largest absolute Gasteiger partial charge is 0.361 e. The van der Waals surface area contributed by atoms with Gasteiger partial charge in [-0.05, 0) is 41.8 Å². The van der Waals surface area contributed by atoms with Crippen molar-refractivity contribution in [3.63, 3.8) is 0 Å². The number of para-hydroxylation sites is 1. The molecule has 2 aromatic carbocycles. The minimum absolute atomic E-state index is 0.540. The number of benzene rings is 2. The van der Waals surface area contributed by atoms with E-state index in [4.69, 9.17) is 5.21 Å². The van der Waals surface area contributed by atoms with E-state index in [1.165, 1.54) is 17.0 Å². The summed E-state index contributed by atoms with van der Waals surface area (Å²) in [5.74, 6) is -0.540. The van der Waals surface area contributed by atoms with Crippen molar-refractivity contribution in [1.82, 2.24) is 15.8 Å². The topological polar surface area (TPSA) is 77.2 Å². The van der Waals surface area contributed by atoms with Crippen LogP contribution in [-0.2, 0) is 17.8 Å². The summed E-state index contributed by atoms with van der Waals surface area (Å²) in [5, 5.41) is 13.3. The molecule has 3 rings (SSSR count). The van der Waals surface area contributed by atoms with Gasteiger partial charge >= 0.3 is 0 Å². The van der Waals surface area contributed by atoms with Crippen molar-refractivity contribution in [2.75, 3.05) is 6.54 Å². The van der Waals surface area contributed by atoms with Gasteiger partial charge in [0.05, 0.1) is 0 Å². The minimum atomic E-state index is -0.540. The number of hydroxylamine groups is 1. The molecule has 4 N–H and O–H groups in total. The fraction of sp³-hybridized carbons (Fsp3) is 0.150. The third kappa shape index (κ3) is 4.35. The second-order valence-corrected chi connectivity index (χ2v) is 5.79. The molecule has 25 heavy (non-hydrogen) atoms. The Morgan fingerprint density at radius 3 is 2.76 bits per heavy atom. The smallest absolute Gasteiger partial charge is 0.267 e. The van der Waals surface area contributed by atoms with Crippen molar-refractivity contribution in [3.8, 4) is 0 Å². The first-order valence-corrected chi connectivity index (χ1v) is 8.23. The molecule has 0 fully saturated rings. The van der Waals surface area contributed by atoms with Gasteiger partial charge in [-0.1, -0.05) is 42.5 Å². The Morgan fingerprint density at radius 1 is 1.08 bits per heavy atom. The predicted octanol–water partition coefficient (Wildman–Crippen LogP) is 3.02. The van der Waals surface area contributed by atoms with Gasteiger partial charge in [-0.2, -0.15) is 0 Å². The summed E-state index contributed by atoms with van der Waals surface area (Å²) in [4.78, 5) is 14.4. The number of hydrogen-bond donors (Lipinski definition) is 4. The Labute approximate surface area is 146 Å². The van der Waals surface area contributed by atoms with Gasteiger partial charge in [0.25, 0.3) is 5.91 Å². The molecule has 5 heteroatoms. The summed E-state index contributed by atoms with van der Waals surface area (Å²) in [6.45, 7) is 1.57. The Morgan fingerprint density at radius 2 is 1.88 bits per heavy atom. The van der Waals surface area contributed by atoms with Crippen LogP contribution in [0, 0.1) is 0 Å². The molecule has 0 atom stereocenters. The molecule has 0 aliphatic carbocycles. The van der Waals surface area contributed by atoms with Crippen LogP contribution in [0.2, 0.25) is 0 Å². The van der Waals surface area contributed by atoms with Crippen LogP contribution in [0.3, 0.4) is 0 Å². The standard InChI is InChI=1S/C20H21N3O2/c24-20(23-25)10-9-15-5-1-2-6-16(15)13-21-12-11-17-14-22-19-8-4-3-7-18(17)19/h1-10,14,21-22,25H,11-13H2,(H,23,24)/b10-9+. The summed E-state index contributed by atoms with van der Waals surface area (Å²) < 4.78 is 0. The number of aromatic nitrogens is 1. The van der Waals surface area contributed by atoms with Gasteiger partial charge in [0.15, 0.2) is 0 Å². The Hall–Kier alpha value is -2.89. The summed E-state index contributed by atoms with van der Waals surface area (Å²) in [6, 6.07) is 16.2. The highest BCUT2D eigenvalue weighted by Gasteiger charge is 2.03. The first kappa shape index (κ1) is 17.0. The van der Waals surface area contributed by atoms with E-state index >= 15 is 0 Å². The first-order valence-electron chi connectivity index (χ1n) is 8.23. The maximum Gasteiger partial charge on any atom is 0.267 e. The zero-order valence-electron chi connectivity index (χ0n) is 13.8. The molecule has 0 saturated carbocycles. The van der Waals surface area contributed by atoms with Crippen LogP contribution in [0.5, 0.6) is 0 Å². The quantitative estimate of drug-likeness (QED) is 0.232. The van der Waals surface area contributed by atoms with E-state index in [9.17, 15) is 4.79 Å². The number of fused-ring (bicyclic) bond motifs is 1. The van der Waals surface area contributed by atoms with Crippen LogP contribution in [0.4, 0.5) is 0 Å². The van der Waals surface area contributed by atoms with Crippen LogP contribution in [0.15, 0.2) is 60.8 Å². The van der Waals surface area contributed by atoms with Gasteiger partial charge in [-0.25, -0.2) is 5.48 Å². The number of rotatable bonds is 7. The highest BCUT2D eigenvalue weighted by molar-refractivity contribution is 5.91. The van der Waals surface area contributed by atoms with E-state index in [0.29, 0.717) is 6.54 Å². The normalized spacial score (nSPS) is 11.2. The zero-order valence-corrected chi connectivity index (χ0v) is 13.8. The van der Waals surface area contributed by atoms with Gasteiger partial charge < -0.3 is 10.3 Å². The highest BCUT2D eigenvalue weighted by atomic mass is 16.5. The number of hydrogen-bond acceptors (Lipinski definition) is 3. The van der Waals surface area contributed by atoms with Gasteiger partial charge in [0.2, 0.25) is 0 Å². The van der Waals surface area contributed by atoms with Gasteiger partial charge in [0.1, 0.15) is 0 Å². The molecule has 0 aliphatic heterocycles. The van der Waals surface area contributed by atoms with E-state index in [1.807, 2.05) is 30.3 Å². The second kappa shape index (κ2) is 8.28. The number of aromatic amines is 1. The fourth-order valence-electron chi connectivity index (χ4n) is 2.85. The molecule has 1 heterocycles. The summed E-state index contributed by atoms with van der Waals surface area (Å²) in [6.07, 6.45) is 6.01. The number of H-pyrrole nitrogens is 1. The van der Waals surface area contributed by atoms with Gasteiger partial charge in [-0.15, -0.1) is 0 Å². The van der Waals surface area contributed by atoms with E-state index < -0.39 is 5.91 Å². The number of nitrogens with one attached hydrogen (secondary N) is 3. The van der Waals surface area contributed by atoms with E-state index in [1.54, 1.807) is 11.6 Å². The van der Waals surface area contributed by atoms with Crippen molar-refractivity contribution in [2.24, 2.45) is 0 Å². The average Bonchev–Trinajstić information content (AvgIpc) is 3.07. The van der Waals surface area contributed by atoms with E-state index in [0.717, 1.165) is 29.6 Å². The summed E-state index contributed by atoms with van der Waals surface area (Å²) in [5.41, 5.74) is 6.11. The molecule has 0 aliphatic rings. The Kier molecular flexibility index (Phi) is 5.61. The van der Waals surface area contributed by atoms with Crippen molar-refractivity contribution in [1.29, 1.82) is 0 Å². The number of carbonyl (C=O) groups is 1. The predicted molar refractivity (Wildman–Crippen MR) is 99.1 cm³/mol. The lowest BCUT2D eigenvalue weighted by Crippen LogP contribution is -2.17. The summed E-state index contributed by atoms with van der Waals surface area (Å²) >= 11 is 0. The number of carbonyl (C=O) groups excluding carboxylic acids is 1. The van der Waals surface area contributed by atoms with Crippen LogP contribution in [-0.4, -0.2) is 22.6 Å². The van der Waals surface area contributed by atoms with E-state index in [2.05, 4.69) is 34.7 Å². The highest BCUT2D eigenvalue weighted by Crippen LogP contribution is 2.17. The molecule has 0 spiro atoms. The minimum Gasteiger partial charge on any atom is -0.361 e. The lowest BCUT2D eigenvalue weighted by Gasteiger charge is -2.08. The molecule has 0 bridgehead atoms. The molecule has 1 amide bonds. The zero-order chi connectivity index (χ0) is 17.5. The van der Waals surface area contributed by atoms with Crippen LogP contribution < -0.4 is 10.8 Å². The SMILES string of the molecule is O=C(/C=C/c1ccccc1CNCCc1c[nH]c2ccccc12)NO. The first-order chi connectivity index (χ1) is 12.3. The monoisotopic (exact) mass is 335 g/mol. The Bertz CT molecular complexity index is 883. The molecule has 0 unspecified atom stereocenters. The van der Waals surface area contributed by atoms with Gasteiger partial charge in [-0.3, -0.25) is 10.0 Å². The summed E-state index contributed by atoms with van der Waals surface area (Å²) in [7, 11) is 0.